The Hall–Kier alpha value is -1.85. The number of hydrogen-bond donors (Lipinski definition) is 1. The van der Waals surface area contributed by atoms with Gasteiger partial charge >= 0.3 is 0 Å². The average molecular weight is 372 g/mol. The second kappa shape index (κ2) is 9.19. The topological polar surface area (TPSA) is 36.9 Å². The third kappa shape index (κ3) is 4.65. The molecule has 0 aliphatic carbocycles. The number of ether oxygens (including phenoxy) is 1. The van der Waals surface area contributed by atoms with E-state index in [1.807, 2.05) is 18.4 Å². The quantitative estimate of drug-likeness (QED) is 0.623. The van der Waals surface area contributed by atoms with Crippen LogP contribution >= 0.6 is 11.3 Å². The molecule has 1 aromatic carbocycles. The molecule has 2 aromatic rings. The minimum atomic E-state index is 0.115. The van der Waals surface area contributed by atoms with E-state index in [4.69, 9.17) is 4.74 Å². The third-order valence-electron chi connectivity index (χ3n) is 5.27. The monoisotopic (exact) mass is 371 g/mol. The number of thiophene rings is 1. The molecule has 0 atom stereocenters. The van der Waals surface area contributed by atoms with Gasteiger partial charge in [0.05, 0.1) is 0 Å². The molecular formula is C21H29N3OS. The minimum absolute atomic E-state index is 0.115. The number of nitrogens with one attached hydrogen (secondary N) is 1. The molecule has 1 aliphatic heterocycles. The van der Waals surface area contributed by atoms with Crippen molar-refractivity contribution in [1.29, 1.82) is 0 Å². The lowest BCUT2D eigenvalue weighted by molar-refractivity contribution is 0.0512. The van der Waals surface area contributed by atoms with Crippen molar-refractivity contribution in [2.24, 2.45) is 4.99 Å². The van der Waals surface area contributed by atoms with Gasteiger partial charge < -0.3 is 15.0 Å². The summed E-state index contributed by atoms with van der Waals surface area (Å²) < 4.78 is 5.64. The van der Waals surface area contributed by atoms with Crippen LogP contribution in [0.3, 0.4) is 0 Å². The Labute approximate surface area is 160 Å². The van der Waals surface area contributed by atoms with Gasteiger partial charge in [-0.2, -0.15) is 0 Å². The van der Waals surface area contributed by atoms with E-state index in [0.717, 1.165) is 51.5 Å². The van der Waals surface area contributed by atoms with Gasteiger partial charge in [0.25, 0.3) is 0 Å². The van der Waals surface area contributed by atoms with Crippen LogP contribution in [-0.2, 0) is 16.6 Å². The number of hydrogen-bond acceptors (Lipinski definition) is 3. The van der Waals surface area contributed by atoms with E-state index in [-0.39, 0.29) is 5.41 Å². The molecule has 1 aromatic heterocycles. The Morgan fingerprint density at radius 3 is 2.62 bits per heavy atom. The summed E-state index contributed by atoms with van der Waals surface area (Å²) in [7, 11) is 3.98. The zero-order chi connectivity index (χ0) is 18.2. The van der Waals surface area contributed by atoms with Gasteiger partial charge in [-0.05, 0) is 36.3 Å². The Morgan fingerprint density at radius 2 is 1.96 bits per heavy atom. The van der Waals surface area contributed by atoms with Gasteiger partial charge in [-0.25, -0.2) is 0 Å². The second-order valence-corrected chi connectivity index (χ2v) is 7.94. The van der Waals surface area contributed by atoms with Gasteiger partial charge in [-0.3, -0.25) is 4.99 Å². The summed E-state index contributed by atoms with van der Waals surface area (Å²) in [4.78, 5) is 8.14. The molecule has 1 N–H and O–H groups in total. The predicted molar refractivity (Wildman–Crippen MR) is 110 cm³/mol. The van der Waals surface area contributed by atoms with E-state index in [1.165, 1.54) is 10.4 Å². The van der Waals surface area contributed by atoms with Crippen LogP contribution in [0.5, 0.6) is 0 Å². The first-order valence-corrected chi connectivity index (χ1v) is 10.2. The van der Waals surface area contributed by atoms with Crippen molar-refractivity contribution in [3.05, 3.63) is 58.3 Å². The van der Waals surface area contributed by atoms with Crippen molar-refractivity contribution in [3.8, 4) is 0 Å². The number of aliphatic imine (C=N–C) groups is 1. The maximum absolute atomic E-state index is 5.64. The van der Waals surface area contributed by atoms with E-state index < -0.39 is 0 Å². The zero-order valence-electron chi connectivity index (χ0n) is 15.8. The van der Waals surface area contributed by atoms with Gasteiger partial charge in [-0.15, -0.1) is 11.3 Å². The lowest BCUT2D eigenvalue weighted by Crippen LogP contribution is -2.48. The number of nitrogens with zero attached hydrogens (tertiary/aromatic N) is 2. The molecule has 2 heterocycles. The van der Waals surface area contributed by atoms with Crippen LogP contribution in [-0.4, -0.2) is 51.3 Å². The number of guanidine groups is 1. The highest BCUT2D eigenvalue weighted by atomic mass is 32.1. The largest absolute Gasteiger partial charge is 0.381 e. The molecule has 0 amide bonds. The van der Waals surface area contributed by atoms with Crippen LogP contribution in [0, 0.1) is 0 Å². The van der Waals surface area contributed by atoms with Crippen molar-refractivity contribution >= 4 is 17.3 Å². The van der Waals surface area contributed by atoms with Crippen LogP contribution in [0.1, 0.15) is 23.3 Å². The lowest BCUT2D eigenvalue weighted by Gasteiger charge is -2.39. The van der Waals surface area contributed by atoms with Crippen molar-refractivity contribution in [1.82, 2.24) is 10.2 Å². The van der Waals surface area contributed by atoms with Crippen molar-refractivity contribution in [2.45, 2.75) is 24.7 Å². The SMILES string of the molecule is CN=C(NCC1(c2ccccc2)CCOCC1)N(C)CCc1cccs1. The molecule has 0 saturated carbocycles. The second-order valence-electron chi connectivity index (χ2n) is 6.91. The molecule has 0 bridgehead atoms. The Balaban J connectivity index is 1.63. The molecule has 0 unspecified atom stereocenters. The number of likely N-dealkylation sites (N-methyl/N-ethyl adjacent to an activating group) is 1. The number of benzene rings is 1. The van der Waals surface area contributed by atoms with Crippen molar-refractivity contribution in [3.63, 3.8) is 0 Å². The molecule has 0 spiro atoms. The molecule has 0 radical (unpaired) electrons. The van der Waals surface area contributed by atoms with Gasteiger partial charge in [0.2, 0.25) is 0 Å². The Morgan fingerprint density at radius 1 is 1.19 bits per heavy atom. The molecule has 1 fully saturated rings. The van der Waals surface area contributed by atoms with Crippen LogP contribution in [0.2, 0.25) is 0 Å². The molecular weight excluding hydrogens is 342 g/mol. The zero-order valence-corrected chi connectivity index (χ0v) is 16.6. The first kappa shape index (κ1) is 18.9. The fraction of sp³-hybridized carbons (Fsp3) is 0.476. The molecule has 140 valence electrons. The van der Waals surface area contributed by atoms with Gasteiger partial charge in [0.15, 0.2) is 5.96 Å². The molecule has 4 nitrogen and oxygen atoms in total. The van der Waals surface area contributed by atoms with Crippen LogP contribution in [0.15, 0.2) is 52.8 Å². The fourth-order valence-electron chi connectivity index (χ4n) is 3.59. The molecule has 5 heteroatoms. The van der Waals surface area contributed by atoms with Gasteiger partial charge in [0.1, 0.15) is 0 Å². The molecule has 1 aliphatic rings. The van der Waals surface area contributed by atoms with E-state index in [2.05, 4.69) is 70.1 Å². The summed E-state index contributed by atoms with van der Waals surface area (Å²) >= 11 is 1.82. The standard InChI is InChI=1S/C21H29N3OS/c1-22-20(24(2)13-10-19-9-6-16-26-19)23-17-21(11-14-25-15-12-21)18-7-4-3-5-8-18/h3-9,16H,10-15,17H2,1-2H3,(H,22,23). The summed E-state index contributed by atoms with van der Waals surface area (Å²) in [6.45, 7) is 3.49. The van der Waals surface area contributed by atoms with Crippen LogP contribution in [0.4, 0.5) is 0 Å². The summed E-state index contributed by atoms with van der Waals surface area (Å²) in [5, 5.41) is 5.77. The lowest BCUT2D eigenvalue weighted by atomic mass is 9.74. The normalized spacial score (nSPS) is 17.1. The average Bonchev–Trinajstić information content (AvgIpc) is 3.22. The fourth-order valence-corrected chi connectivity index (χ4v) is 4.29. The van der Waals surface area contributed by atoms with Crippen molar-refractivity contribution in [2.75, 3.05) is 40.4 Å². The van der Waals surface area contributed by atoms with E-state index >= 15 is 0 Å². The third-order valence-corrected chi connectivity index (χ3v) is 6.20. The van der Waals surface area contributed by atoms with E-state index in [1.54, 1.807) is 0 Å². The van der Waals surface area contributed by atoms with Gasteiger partial charge in [0, 0.05) is 50.7 Å². The highest BCUT2D eigenvalue weighted by Crippen LogP contribution is 2.34. The smallest absolute Gasteiger partial charge is 0.193 e. The van der Waals surface area contributed by atoms with Crippen molar-refractivity contribution < 1.29 is 4.74 Å². The molecule has 26 heavy (non-hydrogen) atoms. The maximum Gasteiger partial charge on any atom is 0.193 e. The number of rotatable bonds is 6. The Bertz CT molecular complexity index is 679. The predicted octanol–water partition coefficient (Wildman–Crippen LogP) is 3.55. The Kier molecular flexibility index (Phi) is 6.69. The van der Waals surface area contributed by atoms with E-state index in [9.17, 15) is 0 Å². The van der Waals surface area contributed by atoms with Crippen LogP contribution in [0.25, 0.3) is 0 Å². The highest BCUT2D eigenvalue weighted by molar-refractivity contribution is 7.09. The van der Waals surface area contributed by atoms with Crippen LogP contribution < -0.4 is 5.32 Å². The molecule has 1 saturated heterocycles. The van der Waals surface area contributed by atoms with Gasteiger partial charge in [-0.1, -0.05) is 36.4 Å². The summed E-state index contributed by atoms with van der Waals surface area (Å²) in [6.07, 6.45) is 3.13. The minimum Gasteiger partial charge on any atom is -0.381 e. The summed E-state index contributed by atoms with van der Waals surface area (Å²) in [5.74, 6) is 0.961. The maximum atomic E-state index is 5.64. The van der Waals surface area contributed by atoms with E-state index in [0.29, 0.717) is 0 Å². The summed E-state index contributed by atoms with van der Waals surface area (Å²) in [5.41, 5.74) is 1.51. The molecule has 3 rings (SSSR count). The highest BCUT2D eigenvalue weighted by Gasteiger charge is 2.34. The summed E-state index contributed by atoms with van der Waals surface area (Å²) in [6, 6.07) is 15.2. The first-order valence-electron chi connectivity index (χ1n) is 9.31. The first-order chi connectivity index (χ1) is 12.7.